The molecule has 1 N–H and O–H groups in total. The number of carbonyl (C=O) groups is 1. The Balaban J connectivity index is 2.45. The molecule has 20 heavy (non-hydrogen) atoms. The highest BCUT2D eigenvalue weighted by atomic mass is 16.3. The van der Waals surface area contributed by atoms with Crippen molar-refractivity contribution in [3.8, 4) is 0 Å². The molecule has 0 fully saturated rings. The normalized spacial score (nSPS) is 14.0. The third kappa shape index (κ3) is 2.97. The van der Waals surface area contributed by atoms with E-state index in [0.717, 1.165) is 0 Å². The molecule has 2 aromatic carbocycles. The van der Waals surface area contributed by atoms with Crippen LogP contribution >= 0.6 is 0 Å². The Morgan fingerprint density at radius 3 is 2.00 bits per heavy atom. The van der Waals surface area contributed by atoms with Gasteiger partial charge >= 0.3 is 0 Å². The van der Waals surface area contributed by atoms with Crippen LogP contribution < -0.4 is 0 Å². The molecule has 0 saturated carbocycles. The molecule has 2 rings (SSSR count). The fraction of sp³-hybridized carbons (Fsp3) is 0.278. The van der Waals surface area contributed by atoms with Crippen molar-refractivity contribution in [1.29, 1.82) is 0 Å². The van der Waals surface area contributed by atoms with Crippen molar-refractivity contribution >= 4 is 5.78 Å². The average Bonchev–Trinajstić information content (AvgIpc) is 2.47. The van der Waals surface area contributed by atoms with Gasteiger partial charge in [-0.15, -0.1) is 0 Å². The van der Waals surface area contributed by atoms with Crippen molar-refractivity contribution in [2.45, 2.75) is 25.9 Å². The van der Waals surface area contributed by atoms with E-state index in [9.17, 15) is 9.90 Å². The molecule has 0 bridgehead atoms. The van der Waals surface area contributed by atoms with Gasteiger partial charge in [-0.1, -0.05) is 74.5 Å². The van der Waals surface area contributed by atoms with Crippen molar-refractivity contribution in [3.63, 3.8) is 0 Å². The predicted molar refractivity (Wildman–Crippen MR) is 80.6 cm³/mol. The van der Waals surface area contributed by atoms with E-state index in [2.05, 4.69) is 0 Å². The molecule has 1 atom stereocenters. The zero-order valence-corrected chi connectivity index (χ0v) is 11.9. The number of hydrogen-bond donors (Lipinski definition) is 1. The summed E-state index contributed by atoms with van der Waals surface area (Å²) in [5.74, 6) is -0.0223. The average molecular weight is 268 g/mol. The molecule has 0 heterocycles. The molecule has 1 unspecified atom stereocenters. The highest BCUT2D eigenvalue weighted by Gasteiger charge is 2.38. The molecule has 104 valence electrons. The predicted octanol–water partition coefficient (Wildman–Crippen LogP) is 3.80. The molecule has 2 heteroatoms. The molecule has 0 aliphatic heterocycles. The highest BCUT2D eigenvalue weighted by Crippen LogP contribution is 2.32. The topological polar surface area (TPSA) is 37.3 Å². The maximum Gasteiger partial charge on any atom is 0.198 e. The maximum absolute atomic E-state index is 12.8. The van der Waals surface area contributed by atoms with Gasteiger partial charge in [-0.3, -0.25) is 4.79 Å². The van der Waals surface area contributed by atoms with Gasteiger partial charge in [0.25, 0.3) is 0 Å². The molecule has 0 aromatic heterocycles. The van der Waals surface area contributed by atoms with Crippen molar-refractivity contribution in [2.75, 3.05) is 0 Å². The molecule has 2 aromatic rings. The molecular formula is C18H20O2. The van der Waals surface area contributed by atoms with Crippen LogP contribution in [0.3, 0.4) is 0 Å². The third-order valence-corrected chi connectivity index (χ3v) is 3.37. The van der Waals surface area contributed by atoms with Crippen LogP contribution in [0.2, 0.25) is 0 Å². The van der Waals surface area contributed by atoms with Crippen LogP contribution in [0.1, 0.15) is 36.2 Å². The van der Waals surface area contributed by atoms with Crippen LogP contribution in [-0.2, 0) is 5.60 Å². The summed E-state index contributed by atoms with van der Waals surface area (Å²) in [6.07, 6.45) is 0.407. The van der Waals surface area contributed by atoms with Crippen LogP contribution in [0, 0.1) is 5.92 Å². The van der Waals surface area contributed by atoms with E-state index in [4.69, 9.17) is 0 Å². The monoisotopic (exact) mass is 268 g/mol. The van der Waals surface area contributed by atoms with E-state index in [0.29, 0.717) is 17.5 Å². The van der Waals surface area contributed by atoms with Crippen molar-refractivity contribution in [3.05, 3.63) is 71.8 Å². The smallest absolute Gasteiger partial charge is 0.198 e. The molecule has 0 radical (unpaired) electrons. The van der Waals surface area contributed by atoms with Gasteiger partial charge in [-0.2, -0.15) is 0 Å². The molecule has 0 aliphatic rings. The first kappa shape index (κ1) is 14.5. The Morgan fingerprint density at radius 1 is 1.00 bits per heavy atom. The lowest BCUT2D eigenvalue weighted by molar-refractivity contribution is 0.0184. The fourth-order valence-corrected chi connectivity index (χ4v) is 2.47. The summed E-state index contributed by atoms with van der Waals surface area (Å²) in [6.45, 7) is 4.01. The number of ketones is 1. The van der Waals surface area contributed by atoms with Crippen LogP contribution in [0.5, 0.6) is 0 Å². The second-order valence-electron chi connectivity index (χ2n) is 5.52. The van der Waals surface area contributed by atoms with E-state index in [-0.39, 0.29) is 11.7 Å². The first-order chi connectivity index (χ1) is 9.54. The van der Waals surface area contributed by atoms with Crippen LogP contribution in [0.25, 0.3) is 0 Å². The Morgan fingerprint density at radius 2 is 1.50 bits per heavy atom. The fourth-order valence-electron chi connectivity index (χ4n) is 2.47. The minimum atomic E-state index is -1.46. The Hall–Kier alpha value is -1.93. The van der Waals surface area contributed by atoms with Gasteiger partial charge in [0.05, 0.1) is 0 Å². The molecule has 2 nitrogen and oxygen atoms in total. The molecule has 0 saturated heterocycles. The maximum atomic E-state index is 12.8. The van der Waals surface area contributed by atoms with E-state index < -0.39 is 5.60 Å². The zero-order chi connectivity index (χ0) is 14.6. The lowest BCUT2D eigenvalue weighted by Gasteiger charge is -2.29. The van der Waals surface area contributed by atoms with Crippen molar-refractivity contribution in [1.82, 2.24) is 0 Å². The largest absolute Gasteiger partial charge is 0.377 e. The molecule has 0 aliphatic carbocycles. The summed E-state index contributed by atoms with van der Waals surface area (Å²) >= 11 is 0. The van der Waals surface area contributed by atoms with Gasteiger partial charge in [0.15, 0.2) is 11.4 Å². The summed E-state index contributed by atoms with van der Waals surface area (Å²) in [4.78, 5) is 12.8. The summed E-state index contributed by atoms with van der Waals surface area (Å²) in [6, 6.07) is 18.2. The summed E-state index contributed by atoms with van der Waals surface area (Å²) in [5, 5.41) is 11.0. The van der Waals surface area contributed by atoms with Gasteiger partial charge in [-0.05, 0) is 17.9 Å². The van der Waals surface area contributed by atoms with Gasteiger partial charge in [-0.25, -0.2) is 0 Å². The zero-order valence-electron chi connectivity index (χ0n) is 11.9. The quantitative estimate of drug-likeness (QED) is 0.837. The lowest BCUT2D eigenvalue weighted by atomic mass is 9.80. The van der Waals surface area contributed by atoms with E-state index in [1.807, 2.05) is 62.4 Å². The Labute approximate surface area is 120 Å². The highest BCUT2D eigenvalue weighted by molar-refractivity contribution is 6.02. The van der Waals surface area contributed by atoms with Gasteiger partial charge in [0.1, 0.15) is 0 Å². The number of hydrogen-bond acceptors (Lipinski definition) is 2. The summed E-state index contributed by atoms with van der Waals surface area (Å²) in [7, 11) is 0. The van der Waals surface area contributed by atoms with Crippen LogP contribution in [-0.4, -0.2) is 10.9 Å². The Bertz CT molecular complexity index is 560. The van der Waals surface area contributed by atoms with Gasteiger partial charge in [0, 0.05) is 5.56 Å². The first-order valence-corrected chi connectivity index (χ1v) is 6.92. The van der Waals surface area contributed by atoms with Gasteiger partial charge < -0.3 is 5.11 Å². The third-order valence-electron chi connectivity index (χ3n) is 3.37. The van der Waals surface area contributed by atoms with Crippen LogP contribution in [0.15, 0.2) is 60.7 Å². The van der Waals surface area contributed by atoms with Gasteiger partial charge in [0.2, 0.25) is 0 Å². The Kier molecular flexibility index (Phi) is 4.35. The summed E-state index contributed by atoms with van der Waals surface area (Å²) < 4.78 is 0. The summed E-state index contributed by atoms with van der Waals surface area (Å²) in [5.41, 5.74) is -0.265. The van der Waals surface area contributed by atoms with E-state index in [1.54, 1.807) is 12.1 Å². The first-order valence-electron chi connectivity index (χ1n) is 6.92. The number of rotatable bonds is 5. The standard InChI is InChI=1S/C18H20O2/c1-14(2)13-18(20,16-11-7-4-8-12-16)17(19)15-9-5-3-6-10-15/h3-12,14,20H,13H2,1-2H3. The van der Waals surface area contributed by atoms with Crippen molar-refractivity contribution < 1.29 is 9.90 Å². The number of aliphatic hydroxyl groups is 1. The molecule has 0 spiro atoms. The SMILES string of the molecule is CC(C)CC(O)(C(=O)c1ccccc1)c1ccccc1. The lowest BCUT2D eigenvalue weighted by Crippen LogP contribution is -2.37. The van der Waals surface area contributed by atoms with Crippen LogP contribution in [0.4, 0.5) is 0 Å². The number of carbonyl (C=O) groups excluding carboxylic acids is 1. The molecule has 0 amide bonds. The minimum Gasteiger partial charge on any atom is -0.377 e. The number of benzene rings is 2. The number of Topliss-reactive ketones (excluding diaryl/α,β-unsaturated/α-hetero) is 1. The second kappa shape index (κ2) is 6.02. The van der Waals surface area contributed by atoms with E-state index >= 15 is 0 Å². The van der Waals surface area contributed by atoms with E-state index in [1.165, 1.54) is 0 Å². The minimum absolute atomic E-state index is 0.216. The van der Waals surface area contributed by atoms with Crippen molar-refractivity contribution in [2.24, 2.45) is 5.92 Å². The second-order valence-corrected chi connectivity index (χ2v) is 5.52. The molecular weight excluding hydrogens is 248 g/mol.